The third-order valence-electron chi connectivity index (χ3n) is 2.73. The summed E-state index contributed by atoms with van der Waals surface area (Å²) in [5, 5.41) is -0.920. The van der Waals surface area contributed by atoms with Gasteiger partial charge < -0.3 is 4.74 Å². The van der Waals surface area contributed by atoms with Gasteiger partial charge in [0.1, 0.15) is 10.0 Å². The van der Waals surface area contributed by atoms with E-state index in [1.807, 2.05) is 0 Å². The molecule has 2 aromatic rings. The van der Waals surface area contributed by atoms with Gasteiger partial charge in [-0.1, -0.05) is 64.1 Å². The first-order chi connectivity index (χ1) is 11.0. The van der Waals surface area contributed by atoms with E-state index in [2.05, 4.69) is 0 Å². The summed E-state index contributed by atoms with van der Waals surface area (Å²) < 4.78 is 36.3. The highest BCUT2D eigenvalue weighted by molar-refractivity contribution is 7.85. The van der Waals surface area contributed by atoms with Crippen LogP contribution >= 0.6 is 58.0 Å². The molecule has 0 aliphatic heterocycles. The Hall–Kier alpha value is -0.730. The minimum Gasteiger partial charge on any atom is -0.420 e. The van der Waals surface area contributed by atoms with Crippen LogP contribution in [0.15, 0.2) is 29.2 Å². The summed E-state index contributed by atoms with van der Waals surface area (Å²) in [5.41, 5.74) is -0.181. The van der Waals surface area contributed by atoms with Crippen LogP contribution in [0.3, 0.4) is 0 Å². The fraction of sp³-hybridized carbons (Fsp3) is 0. The van der Waals surface area contributed by atoms with Crippen molar-refractivity contribution in [3.63, 3.8) is 0 Å². The summed E-state index contributed by atoms with van der Waals surface area (Å²) in [6, 6.07) is 4.52. The third-order valence-corrected chi connectivity index (χ3v) is 5.82. The Morgan fingerprint density at radius 1 is 0.917 bits per heavy atom. The van der Waals surface area contributed by atoms with Gasteiger partial charge in [-0.15, -0.1) is 0 Å². The van der Waals surface area contributed by atoms with Gasteiger partial charge in [0.15, 0.2) is 5.75 Å². The average Bonchev–Trinajstić information content (AvgIpc) is 2.54. The van der Waals surface area contributed by atoms with Gasteiger partial charge in [0.2, 0.25) is 0 Å². The lowest BCUT2D eigenvalue weighted by Gasteiger charge is -2.12. The summed E-state index contributed by atoms with van der Waals surface area (Å²) in [7, 11) is -4.49. The van der Waals surface area contributed by atoms with Crippen molar-refractivity contribution in [1.29, 1.82) is 0 Å². The second-order valence-electron chi connectivity index (χ2n) is 4.29. The molecule has 0 aromatic heterocycles. The first-order valence-electron chi connectivity index (χ1n) is 5.85. The van der Waals surface area contributed by atoms with Crippen molar-refractivity contribution in [3.8, 4) is 5.75 Å². The smallest absolute Gasteiger partial charge is 0.343 e. The van der Waals surface area contributed by atoms with Crippen molar-refractivity contribution in [1.82, 2.24) is 0 Å². The second kappa shape index (κ2) is 7.25. The van der Waals surface area contributed by atoms with Crippen LogP contribution in [-0.4, -0.2) is 18.9 Å². The molecule has 0 aliphatic rings. The van der Waals surface area contributed by atoms with Crippen LogP contribution in [0.1, 0.15) is 10.4 Å². The Kier molecular flexibility index (Phi) is 5.92. The molecule has 0 aliphatic carbocycles. The zero-order valence-corrected chi connectivity index (χ0v) is 15.8. The Bertz CT molecular complexity index is 913. The number of ether oxygens (including phenoxy) is 1. The molecule has 0 saturated heterocycles. The molecular formula is C13H5Cl5O5S. The van der Waals surface area contributed by atoms with Gasteiger partial charge in [-0.3, -0.25) is 4.55 Å². The number of hydrogen-bond acceptors (Lipinski definition) is 4. The highest BCUT2D eigenvalue weighted by Gasteiger charge is 2.23. The summed E-state index contributed by atoms with van der Waals surface area (Å²) >= 11 is 29.4. The first kappa shape index (κ1) is 19.6. The fourth-order valence-corrected chi connectivity index (χ4v) is 3.33. The van der Waals surface area contributed by atoms with Crippen molar-refractivity contribution >= 4 is 74.1 Å². The number of carbonyl (C=O) groups is 1. The Morgan fingerprint density at radius 2 is 1.42 bits per heavy atom. The van der Waals surface area contributed by atoms with Gasteiger partial charge in [-0.05, 0) is 18.2 Å². The van der Waals surface area contributed by atoms with E-state index in [-0.39, 0.29) is 36.4 Å². The van der Waals surface area contributed by atoms with Crippen molar-refractivity contribution in [2.24, 2.45) is 0 Å². The average molecular weight is 451 g/mol. The Balaban J connectivity index is 2.45. The van der Waals surface area contributed by atoms with Crippen molar-refractivity contribution in [2.75, 3.05) is 0 Å². The zero-order chi connectivity index (χ0) is 18.2. The Morgan fingerprint density at radius 3 is 1.92 bits per heavy atom. The lowest BCUT2D eigenvalue weighted by Crippen LogP contribution is -2.10. The molecule has 0 atom stereocenters. The third kappa shape index (κ3) is 3.91. The maximum Gasteiger partial charge on any atom is 0.343 e. The second-order valence-corrected chi connectivity index (χ2v) is 7.60. The van der Waals surface area contributed by atoms with Crippen LogP contribution in [0.2, 0.25) is 25.1 Å². The molecule has 2 aromatic carbocycles. The molecule has 0 spiro atoms. The van der Waals surface area contributed by atoms with Gasteiger partial charge in [-0.2, -0.15) is 8.42 Å². The van der Waals surface area contributed by atoms with Gasteiger partial charge in [-0.25, -0.2) is 4.79 Å². The van der Waals surface area contributed by atoms with Gasteiger partial charge in [0.25, 0.3) is 10.1 Å². The zero-order valence-electron chi connectivity index (χ0n) is 11.2. The highest BCUT2D eigenvalue weighted by Crippen LogP contribution is 2.48. The molecule has 128 valence electrons. The molecule has 0 amide bonds. The van der Waals surface area contributed by atoms with E-state index < -0.39 is 21.0 Å². The molecule has 1 N–H and O–H groups in total. The van der Waals surface area contributed by atoms with Gasteiger partial charge in [0, 0.05) is 0 Å². The van der Waals surface area contributed by atoms with E-state index in [4.69, 9.17) is 67.3 Å². The summed E-state index contributed by atoms with van der Waals surface area (Å²) in [6.45, 7) is 0. The minimum absolute atomic E-state index is 0.110. The van der Waals surface area contributed by atoms with E-state index in [1.54, 1.807) is 0 Å². The number of benzene rings is 2. The summed E-state index contributed by atoms with van der Waals surface area (Å²) in [6.07, 6.45) is 0. The lowest BCUT2D eigenvalue weighted by molar-refractivity contribution is 0.0734. The maximum atomic E-state index is 12.2. The van der Waals surface area contributed by atoms with E-state index in [0.717, 1.165) is 12.1 Å². The van der Waals surface area contributed by atoms with Crippen molar-refractivity contribution in [3.05, 3.63) is 54.9 Å². The quantitative estimate of drug-likeness (QED) is 0.222. The van der Waals surface area contributed by atoms with E-state index in [0.29, 0.717) is 0 Å². The number of esters is 1. The first-order valence-corrected chi connectivity index (χ1v) is 9.18. The molecule has 24 heavy (non-hydrogen) atoms. The predicted molar refractivity (Wildman–Crippen MR) is 92.7 cm³/mol. The van der Waals surface area contributed by atoms with Crippen LogP contribution in [-0.2, 0) is 10.1 Å². The summed E-state index contributed by atoms with van der Waals surface area (Å²) in [4.78, 5) is 11.7. The van der Waals surface area contributed by atoms with Crippen LogP contribution in [0.25, 0.3) is 0 Å². The number of halogens is 5. The normalized spacial score (nSPS) is 11.4. The monoisotopic (exact) mass is 448 g/mol. The van der Waals surface area contributed by atoms with E-state index in [1.165, 1.54) is 12.1 Å². The molecule has 2 rings (SSSR count). The van der Waals surface area contributed by atoms with Crippen LogP contribution in [0.5, 0.6) is 5.75 Å². The Labute approximate surface area is 161 Å². The minimum atomic E-state index is -4.49. The molecule has 0 bridgehead atoms. The molecule has 5 nitrogen and oxygen atoms in total. The van der Waals surface area contributed by atoms with Crippen LogP contribution in [0.4, 0.5) is 0 Å². The highest BCUT2D eigenvalue weighted by atomic mass is 35.5. The van der Waals surface area contributed by atoms with Crippen molar-refractivity contribution < 1.29 is 22.5 Å². The number of hydrogen-bond donors (Lipinski definition) is 1. The fourth-order valence-electron chi connectivity index (χ4n) is 1.61. The molecule has 0 heterocycles. The molecule has 0 fully saturated rings. The van der Waals surface area contributed by atoms with Crippen LogP contribution < -0.4 is 4.74 Å². The molecule has 0 unspecified atom stereocenters. The van der Waals surface area contributed by atoms with Crippen molar-refractivity contribution in [2.45, 2.75) is 4.90 Å². The molecular weight excluding hydrogens is 445 g/mol. The molecule has 0 radical (unpaired) electrons. The number of carbonyl (C=O) groups excluding carboxylic acids is 1. The standard InChI is InChI=1S/C13H5Cl5O5S/c14-7-8(15)10(17)12(11(18)9(7)16)23-13(19)5-2-1-3-6(4-5)24(20,21)22/h1-4H,(H,20,21,22). The number of rotatable bonds is 3. The summed E-state index contributed by atoms with van der Waals surface area (Å²) in [5.74, 6) is -1.33. The topological polar surface area (TPSA) is 80.7 Å². The SMILES string of the molecule is O=C(Oc1c(Cl)c(Cl)c(Cl)c(Cl)c1Cl)c1cccc(S(=O)(=O)O)c1. The van der Waals surface area contributed by atoms with Gasteiger partial charge in [0.05, 0.1) is 25.5 Å². The van der Waals surface area contributed by atoms with E-state index >= 15 is 0 Å². The van der Waals surface area contributed by atoms with E-state index in [9.17, 15) is 13.2 Å². The van der Waals surface area contributed by atoms with Crippen LogP contribution in [0, 0.1) is 0 Å². The maximum absolute atomic E-state index is 12.2. The lowest BCUT2D eigenvalue weighted by atomic mass is 10.2. The van der Waals surface area contributed by atoms with Gasteiger partial charge >= 0.3 is 5.97 Å². The molecule has 0 saturated carbocycles. The largest absolute Gasteiger partial charge is 0.420 e. The molecule has 11 heteroatoms. The predicted octanol–water partition coefficient (Wildman–Crippen LogP) is 5.42.